The first-order chi connectivity index (χ1) is 4.61. The average Bonchev–Trinajstić information content (AvgIpc) is 1.82. The summed E-state index contributed by atoms with van der Waals surface area (Å²) in [5, 5.41) is 18.1. The lowest BCUT2D eigenvalue weighted by Gasteiger charge is -2.00. The van der Waals surface area contributed by atoms with Crippen LogP contribution in [0, 0.1) is 10.5 Å². The van der Waals surface area contributed by atoms with E-state index in [1.54, 1.807) is 6.07 Å². The molecule has 10 heavy (non-hydrogen) atoms. The van der Waals surface area contributed by atoms with Gasteiger partial charge in [0.25, 0.3) is 0 Å². The summed E-state index contributed by atoms with van der Waals surface area (Å²) in [4.78, 5) is 0. The maximum atomic E-state index is 9.11. The van der Waals surface area contributed by atoms with Crippen LogP contribution in [0.1, 0.15) is 5.56 Å². The summed E-state index contributed by atoms with van der Waals surface area (Å²) >= 11 is 2.02. The molecular weight excluding hydrogens is 243 g/mol. The third-order valence-corrected chi connectivity index (χ3v) is 2.62. The van der Waals surface area contributed by atoms with E-state index in [0.29, 0.717) is 0 Å². The van der Waals surface area contributed by atoms with Crippen molar-refractivity contribution < 1.29 is 10.2 Å². The zero-order valence-electron chi connectivity index (χ0n) is 5.43. The van der Waals surface area contributed by atoms with Gasteiger partial charge in [-0.15, -0.1) is 0 Å². The van der Waals surface area contributed by atoms with E-state index in [1.807, 2.05) is 29.5 Å². The van der Waals surface area contributed by atoms with Gasteiger partial charge in [0.1, 0.15) is 11.5 Å². The molecule has 0 fully saturated rings. The minimum atomic E-state index is 0.107. The summed E-state index contributed by atoms with van der Waals surface area (Å²) in [7, 11) is 0. The fourth-order valence-electron chi connectivity index (χ4n) is 0.732. The molecule has 1 rings (SSSR count). The van der Waals surface area contributed by atoms with E-state index >= 15 is 0 Å². The van der Waals surface area contributed by atoms with Crippen molar-refractivity contribution in [1.29, 1.82) is 0 Å². The quantitative estimate of drug-likeness (QED) is 0.691. The number of aromatic hydroxyl groups is 2. The molecule has 0 saturated carbocycles. The molecule has 3 heteroatoms. The highest BCUT2D eigenvalue weighted by molar-refractivity contribution is 14.1. The Morgan fingerprint density at radius 3 is 2.40 bits per heavy atom. The van der Waals surface area contributed by atoms with Crippen LogP contribution in [-0.4, -0.2) is 10.2 Å². The Kier molecular flexibility index (Phi) is 2.03. The Balaban J connectivity index is 3.31. The third kappa shape index (κ3) is 1.34. The van der Waals surface area contributed by atoms with Gasteiger partial charge in [0.15, 0.2) is 0 Å². The number of halogens is 1. The third-order valence-electron chi connectivity index (χ3n) is 1.22. The molecular formula is C7H7IO2. The SMILES string of the molecule is Cc1cc(O)cc(O)c1I. The smallest absolute Gasteiger partial charge is 0.132 e. The number of phenolic OH excluding ortho intramolecular Hbond substituents is 2. The van der Waals surface area contributed by atoms with E-state index in [0.717, 1.165) is 9.13 Å². The van der Waals surface area contributed by atoms with E-state index in [4.69, 9.17) is 10.2 Å². The molecule has 0 unspecified atom stereocenters. The van der Waals surface area contributed by atoms with Gasteiger partial charge in [-0.25, -0.2) is 0 Å². The Morgan fingerprint density at radius 2 is 1.90 bits per heavy atom. The van der Waals surface area contributed by atoms with E-state index in [2.05, 4.69) is 0 Å². The number of hydrogen-bond acceptors (Lipinski definition) is 2. The summed E-state index contributed by atoms with van der Waals surface area (Å²) in [6, 6.07) is 2.94. The second kappa shape index (κ2) is 2.65. The first kappa shape index (κ1) is 7.65. The molecule has 0 heterocycles. The highest BCUT2D eigenvalue weighted by Gasteiger charge is 2.01. The Bertz CT molecular complexity index is 235. The molecule has 0 amide bonds. The van der Waals surface area contributed by atoms with Crippen molar-refractivity contribution in [2.75, 3.05) is 0 Å². The van der Waals surface area contributed by atoms with Crippen LogP contribution in [-0.2, 0) is 0 Å². The van der Waals surface area contributed by atoms with Gasteiger partial charge in [0.2, 0.25) is 0 Å². The summed E-state index contributed by atoms with van der Waals surface area (Å²) in [6.07, 6.45) is 0. The minimum absolute atomic E-state index is 0.107. The molecule has 0 spiro atoms. The van der Waals surface area contributed by atoms with Crippen molar-refractivity contribution >= 4 is 22.6 Å². The zero-order valence-corrected chi connectivity index (χ0v) is 7.58. The summed E-state index contributed by atoms with van der Waals surface area (Å²) in [6.45, 7) is 1.83. The molecule has 0 aliphatic rings. The topological polar surface area (TPSA) is 40.5 Å². The predicted octanol–water partition coefficient (Wildman–Crippen LogP) is 2.01. The Hall–Kier alpha value is -0.450. The van der Waals surface area contributed by atoms with Gasteiger partial charge in [-0.05, 0) is 41.1 Å². The zero-order chi connectivity index (χ0) is 7.72. The van der Waals surface area contributed by atoms with Gasteiger partial charge in [-0.2, -0.15) is 0 Å². The molecule has 0 saturated heterocycles. The maximum absolute atomic E-state index is 9.11. The van der Waals surface area contributed by atoms with E-state index in [9.17, 15) is 0 Å². The highest BCUT2D eigenvalue weighted by atomic mass is 127. The number of phenols is 2. The molecule has 54 valence electrons. The minimum Gasteiger partial charge on any atom is -0.508 e. The van der Waals surface area contributed by atoms with Crippen molar-refractivity contribution in [3.05, 3.63) is 21.3 Å². The van der Waals surface area contributed by atoms with Crippen LogP contribution < -0.4 is 0 Å². The molecule has 0 aliphatic heterocycles. The second-order valence-electron chi connectivity index (χ2n) is 2.10. The number of aryl methyl sites for hydroxylation is 1. The van der Waals surface area contributed by atoms with E-state index in [-0.39, 0.29) is 11.5 Å². The van der Waals surface area contributed by atoms with Crippen molar-refractivity contribution in [3.8, 4) is 11.5 Å². The molecule has 0 radical (unpaired) electrons. The monoisotopic (exact) mass is 250 g/mol. The average molecular weight is 250 g/mol. The summed E-state index contributed by atoms with van der Waals surface area (Å²) in [5.41, 5.74) is 0.887. The molecule has 0 atom stereocenters. The second-order valence-corrected chi connectivity index (χ2v) is 3.17. The Morgan fingerprint density at radius 1 is 1.30 bits per heavy atom. The summed E-state index contributed by atoms with van der Waals surface area (Å²) in [5.74, 6) is 0.244. The lowest BCUT2D eigenvalue weighted by atomic mass is 10.2. The van der Waals surface area contributed by atoms with Gasteiger partial charge in [0.05, 0.1) is 3.57 Å². The van der Waals surface area contributed by atoms with Crippen LogP contribution >= 0.6 is 22.6 Å². The van der Waals surface area contributed by atoms with E-state index < -0.39 is 0 Å². The molecule has 1 aromatic rings. The van der Waals surface area contributed by atoms with Crippen LogP contribution in [0.5, 0.6) is 11.5 Å². The van der Waals surface area contributed by atoms with Crippen LogP contribution in [0.15, 0.2) is 12.1 Å². The van der Waals surface area contributed by atoms with E-state index in [1.165, 1.54) is 6.07 Å². The van der Waals surface area contributed by atoms with Crippen molar-refractivity contribution in [1.82, 2.24) is 0 Å². The lowest BCUT2D eigenvalue weighted by molar-refractivity contribution is 0.447. The van der Waals surface area contributed by atoms with Crippen LogP contribution in [0.25, 0.3) is 0 Å². The molecule has 0 aliphatic carbocycles. The summed E-state index contributed by atoms with van der Waals surface area (Å²) < 4.78 is 0.787. The van der Waals surface area contributed by atoms with Gasteiger partial charge >= 0.3 is 0 Å². The van der Waals surface area contributed by atoms with Gasteiger partial charge in [-0.3, -0.25) is 0 Å². The lowest BCUT2D eigenvalue weighted by Crippen LogP contribution is -1.79. The molecule has 0 bridgehead atoms. The molecule has 2 nitrogen and oxygen atoms in total. The van der Waals surface area contributed by atoms with Crippen LogP contribution in [0.2, 0.25) is 0 Å². The predicted molar refractivity (Wildman–Crippen MR) is 47.2 cm³/mol. The Labute approximate surface area is 72.6 Å². The molecule has 0 aromatic heterocycles. The van der Waals surface area contributed by atoms with Crippen LogP contribution in [0.4, 0.5) is 0 Å². The number of rotatable bonds is 0. The maximum Gasteiger partial charge on any atom is 0.132 e. The van der Waals surface area contributed by atoms with Gasteiger partial charge in [-0.1, -0.05) is 0 Å². The first-order valence-electron chi connectivity index (χ1n) is 2.79. The normalized spacial score (nSPS) is 9.80. The standard InChI is InChI=1S/C7H7IO2/c1-4-2-5(9)3-6(10)7(4)8/h2-3,9-10H,1H3. The van der Waals surface area contributed by atoms with Crippen LogP contribution in [0.3, 0.4) is 0 Å². The van der Waals surface area contributed by atoms with Crippen molar-refractivity contribution in [3.63, 3.8) is 0 Å². The fourth-order valence-corrected chi connectivity index (χ4v) is 1.04. The molecule has 1 aromatic carbocycles. The first-order valence-corrected chi connectivity index (χ1v) is 3.87. The van der Waals surface area contributed by atoms with Crippen molar-refractivity contribution in [2.45, 2.75) is 6.92 Å². The highest BCUT2D eigenvalue weighted by Crippen LogP contribution is 2.27. The number of benzene rings is 1. The fraction of sp³-hybridized carbons (Fsp3) is 0.143. The number of hydrogen-bond donors (Lipinski definition) is 2. The van der Waals surface area contributed by atoms with Crippen molar-refractivity contribution in [2.24, 2.45) is 0 Å². The van der Waals surface area contributed by atoms with Gasteiger partial charge in [0, 0.05) is 6.07 Å². The largest absolute Gasteiger partial charge is 0.508 e. The van der Waals surface area contributed by atoms with Gasteiger partial charge < -0.3 is 10.2 Å². The molecule has 2 N–H and O–H groups in total.